The molecule has 2 aromatic rings. The highest BCUT2D eigenvalue weighted by Crippen LogP contribution is 2.24. The zero-order valence-electron chi connectivity index (χ0n) is 13.2. The zero-order valence-corrected chi connectivity index (χ0v) is 13.2. The minimum atomic E-state index is -0.343. The molecule has 2 rings (SSSR count). The largest absolute Gasteiger partial charge is 0.393 e. The van der Waals surface area contributed by atoms with Gasteiger partial charge in [0.05, 0.1) is 12.1 Å². The van der Waals surface area contributed by atoms with Crippen molar-refractivity contribution in [1.29, 1.82) is 0 Å². The summed E-state index contributed by atoms with van der Waals surface area (Å²) in [5.74, 6) is 0.123. The maximum atomic E-state index is 12.8. The van der Waals surface area contributed by atoms with Crippen molar-refractivity contribution in [3.63, 3.8) is 0 Å². The molecule has 0 radical (unpaired) electrons. The third-order valence-corrected chi connectivity index (χ3v) is 4.08. The number of para-hydroxylation sites is 1. The monoisotopic (exact) mass is 288 g/mol. The maximum Gasteiger partial charge on any atom is 0.182 e. The highest BCUT2D eigenvalue weighted by molar-refractivity contribution is 6.11. The van der Waals surface area contributed by atoms with Crippen LogP contribution in [0.4, 0.5) is 0 Å². The SMILES string of the molecule is Cc1[nH]c2ccccc2c1C(=O)C(C)N(C)CCC(C)O. The molecule has 114 valence electrons. The van der Waals surface area contributed by atoms with Crippen molar-refractivity contribution in [3.05, 3.63) is 35.5 Å². The van der Waals surface area contributed by atoms with Crippen molar-refractivity contribution in [2.24, 2.45) is 0 Å². The molecule has 0 saturated carbocycles. The summed E-state index contributed by atoms with van der Waals surface area (Å²) in [5.41, 5.74) is 2.69. The van der Waals surface area contributed by atoms with Gasteiger partial charge in [-0.05, 0) is 40.3 Å². The molecule has 0 spiro atoms. The molecule has 0 bridgehead atoms. The Kier molecular flexibility index (Phi) is 4.80. The number of ketones is 1. The van der Waals surface area contributed by atoms with Gasteiger partial charge in [-0.25, -0.2) is 0 Å². The van der Waals surface area contributed by atoms with Gasteiger partial charge in [0, 0.05) is 28.7 Å². The van der Waals surface area contributed by atoms with Gasteiger partial charge >= 0.3 is 0 Å². The van der Waals surface area contributed by atoms with E-state index in [4.69, 9.17) is 0 Å². The summed E-state index contributed by atoms with van der Waals surface area (Å²) < 4.78 is 0. The number of H-pyrrole nitrogens is 1. The lowest BCUT2D eigenvalue weighted by Crippen LogP contribution is -2.37. The van der Waals surface area contributed by atoms with E-state index in [1.165, 1.54) is 0 Å². The fourth-order valence-electron chi connectivity index (χ4n) is 2.59. The number of likely N-dealkylation sites (N-methyl/N-ethyl adjacent to an activating group) is 1. The maximum absolute atomic E-state index is 12.8. The molecule has 1 aromatic carbocycles. The first-order valence-electron chi connectivity index (χ1n) is 7.41. The Hall–Kier alpha value is -1.65. The molecule has 1 aromatic heterocycles. The van der Waals surface area contributed by atoms with E-state index in [2.05, 4.69) is 4.98 Å². The molecule has 21 heavy (non-hydrogen) atoms. The molecule has 4 nitrogen and oxygen atoms in total. The van der Waals surface area contributed by atoms with Gasteiger partial charge in [-0.1, -0.05) is 18.2 Å². The molecule has 0 amide bonds. The number of carbonyl (C=O) groups excluding carboxylic acids is 1. The molecule has 0 aliphatic carbocycles. The van der Waals surface area contributed by atoms with Crippen LogP contribution in [-0.2, 0) is 0 Å². The van der Waals surface area contributed by atoms with E-state index >= 15 is 0 Å². The van der Waals surface area contributed by atoms with Gasteiger partial charge in [0.25, 0.3) is 0 Å². The number of carbonyl (C=O) groups is 1. The third-order valence-electron chi connectivity index (χ3n) is 4.08. The Balaban J connectivity index is 2.23. The standard InChI is InChI=1S/C17H24N2O2/c1-11(20)9-10-19(4)13(3)17(21)16-12(2)18-15-8-6-5-7-14(15)16/h5-8,11,13,18,20H,9-10H2,1-4H3. The number of aromatic amines is 1. The van der Waals surface area contributed by atoms with E-state index in [-0.39, 0.29) is 17.9 Å². The zero-order chi connectivity index (χ0) is 15.6. The van der Waals surface area contributed by atoms with Gasteiger partial charge in [-0.15, -0.1) is 0 Å². The van der Waals surface area contributed by atoms with Crippen molar-refractivity contribution >= 4 is 16.7 Å². The molecule has 0 saturated heterocycles. The minimum absolute atomic E-state index is 0.123. The Morgan fingerprint density at radius 3 is 2.67 bits per heavy atom. The second-order valence-electron chi connectivity index (χ2n) is 5.83. The van der Waals surface area contributed by atoms with Crippen molar-refractivity contribution in [3.8, 4) is 0 Å². The molecule has 0 aliphatic rings. The van der Waals surface area contributed by atoms with E-state index in [9.17, 15) is 9.90 Å². The summed E-state index contributed by atoms with van der Waals surface area (Å²) in [5, 5.41) is 10.4. The van der Waals surface area contributed by atoms with Crippen LogP contribution >= 0.6 is 0 Å². The van der Waals surface area contributed by atoms with Gasteiger partial charge in [-0.2, -0.15) is 0 Å². The van der Waals surface area contributed by atoms with Gasteiger partial charge in [0.1, 0.15) is 0 Å². The van der Waals surface area contributed by atoms with Crippen molar-refractivity contribution in [1.82, 2.24) is 9.88 Å². The van der Waals surface area contributed by atoms with E-state index in [1.807, 2.05) is 50.1 Å². The summed E-state index contributed by atoms with van der Waals surface area (Å²) in [6.07, 6.45) is 0.325. The fraction of sp³-hybridized carbons (Fsp3) is 0.471. The van der Waals surface area contributed by atoms with Crippen LogP contribution in [0.2, 0.25) is 0 Å². The molecular weight excluding hydrogens is 264 g/mol. The van der Waals surface area contributed by atoms with E-state index in [0.29, 0.717) is 13.0 Å². The summed E-state index contributed by atoms with van der Waals surface area (Å²) in [4.78, 5) is 18.1. The number of hydrogen-bond donors (Lipinski definition) is 2. The van der Waals surface area contributed by atoms with Crippen molar-refractivity contribution in [2.45, 2.75) is 39.3 Å². The number of benzene rings is 1. The smallest absolute Gasteiger partial charge is 0.182 e. The third kappa shape index (κ3) is 3.34. The number of aryl methyl sites for hydroxylation is 1. The van der Waals surface area contributed by atoms with E-state index < -0.39 is 0 Å². The van der Waals surface area contributed by atoms with Crippen LogP contribution in [0.5, 0.6) is 0 Å². The molecule has 2 atom stereocenters. The van der Waals surface area contributed by atoms with Crippen LogP contribution in [-0.4, -0.2) is 46.5 Å². The average Bonchev–Trinajstić information content (AvgIpc) is 2.78. The minimum Gasteiger partial charge on any atom is -0.393 e. The second-order valence-corrected chi connectivity index (χ2v) is 5.83. The lowest BCUT2D eigenvalue weighted by molar-refractivity contribution is 0.0845. The van der Waals surface area contributed by atoms with E-state index in [1.54, 1.807) is 6.92 Å². The fourth-order valence-corrected chi connectivity index (χ4v) is 2.59. The predicted molar refractivity (Wildman–Crippen MR) is 85.8 cm³/mol. The summed E-state index contributed by atoms with van der Waals surface area (Å²) >= 11 is 0. The number of nitrogens with zero attached hydrogens (tertiary/aromatic N) is 1. The van der Waals surface area contributed by atoms with Gasteiger partial charge in [0.2, 0.25) is 0 Å². The number of nitrogens with one attached hydrogen (secondary N) is 1. The molecule has 0 fully saturated rings. The number of hydrogen-bond acceptors (Lipinski definition) is 3. The number of aliphatic hydroxyl groups excluding tert-OH is 1. The van der Waals surface area contributed by atoms with Crippen LogP contribution in [0.25, 0.3) is 10.9 Å². The molecular formula is C17H24N2O2. The molecule has 4 heteroatoms. The molecule has 2 unspecified atom stereocenters. The number of rotatable bonds is 6. The van der Waals surface area contributed by atoms with Crippen LogP contribution in [0.3, 0.4) is 0 Å². The van der Waals surface area contributed by atoms with Crippen LogP contribution in [0.1, 0.15) is 36.3 Å². The van der Waals surface area contributed by atoms with Crippen molar-refractivity contribution < 1.29 is 9.90 Å². The number of fused-ring (bicyclic) bond motifs is 1. The lowest BCUT2D eigenvalue weighted by atomic mass is 10.0. The Morgan fingerprint density at radius 1 is 1.33 bits per heavy atom. The van der Waals surface area contributed by atoms with Crippen LogP contribution in [0.15, 0.2) is 24.3 Å². The Morgan fingerprint density at radius 2 is 2.00 bits per heavy atom. The average molecular weight is 288 g/mol. The molecule has 2 N–H and O–H groups in total. The first kappa shape index (κ1) is 15.7. The predicted octanol–water partition coefficient (Wildman–Crippen LogP) is 2.75. The number of aromatic nitrogens is 1. The number of aliphatic hydroxyl groups is 1. The Labute approximate surface area is 125 Å². The summed E-state index contributed by atoms with van der Waals surface area (Å²) in [6.45, 7) is 6.33. The Bertz CT molecular complexity index is 631. The summed E-state index contributed by atoms with van der Waals surface area (Å²) in [6, 6.07) is 7.68. The van der Waals surface area contributed by atoms with Crippen LogP contribution < -0.4 is 0 Å². The lowest BCUT2D eigenvalue weighted by Gasteiger charge is -2.24. The second kappa shape index (κ2) is 6.41. The van der Waals surface area contributed by atoms with Gasteiger partial charge in [-0.3, -0.25) is 9.69 Å². The molecule has 0 aliphatic heterocycles. The highest BCUT2D eigenvalue weighted by Gasteiger charge is 2.24. The number of Topliss-reactive ketones (excluding diaryl/α,β-unsaturated/α-hetero) is 1. The first-order chi connectivity index (χ1) is 9.91. The molecule has 1 heterocycles. The normalized spacial score (nSPS) is 14.6. The summed E-state index contributed by atoms with van der Waals surface area (Å²) in [7, 11) is 1.93. The van der Waals surface area contributed by atoms with Gasteiger partial charge in [0.15, 0.2) is 5.78 Å². The van der Waals surface area contributed by atoms with Crippen LogP contribution in [0, 0.1) is 6.92 Å². The van der Waals surface area contributed by atoms with Crippen molar-refractivity contribution in [2.75, 3.05) is 13.6 Å². The van der Waals surface area contributed by atoms with Gasteiger partial charge < -0.3 is 10.1 Å². The first-order valence-corrected chi connectivity index (χ1v) is 7.41. The highest BCUT2D eigenvalue weighted by atomic mass is 16.3. The van der Waals surface area contributed by atoms with E-state index in [0.717, 1.165) is 22.2 Å². The quantitative estimate of drug-likeness (QED) is 0.804. The topological polar surface area (TPSA) is 56.3 Å².